The Morgan fingerprint density at radius 2 is 1.98 bits per heavy atom. The number of benzene rings is 1. The number of carbonyl (C=O) groups excluding carboxylic acids is 1. The molecular weight excluding hydrogens is 581 g/mol. The Kier molecular flexibility index (Phi) is 8.18. The number of nitrogens with zero attached hydrogens (tertiary/aromatic N) is 8. The second-order valence-corrected chi connectivity index (χ2v) is 9.26. The van der Waals surface area contributed by atoms with Crippen molar-refractivity contribution in [3.05, 3.63) is 35.9 Å². The van der Waals surface area contributed by atoms with Crippen molar-refractivity contribution < 1.29 is 42.0 Å². The fourth-order valence-corrected chi connectivity index (χ4v) is 4.47. The first-order valence-corrected chi connectivity index (χ1v) is 12.9. The number of esters is 1. The first kappa shape index (κ1) is 29.7. The Balaban J connectivity index is 1.40. The summed E-state index contributed by atoms with van der Waals surface area (Å²) >= 11 is 0. The smallest absolute Gasteiger partial charge is 0.490 e. The first-order valence-electron chi connectivity index (χ1n) is 12.9. The molecule has 4 atom stereocenters. The summed E-state index contributed by atoms with van der Waals surface area (Å²) in [5.41, 5.74) is 7.28. The van der Waals surface area contributed by atoms with Crippen molar-refractivity contribution in [3.63, 3.8) is 0 Å². The molecule has 230 valence electrons. The largest absolute Gasteiger partial charge is 0.493 e. The molecule has 0 aliphatic carbocycles. The van der Waals surface area contributed by atoms with E-state index in [2.05, 4.69) is 40.4 Å². The van der Waals surface area contributed by atoms with Crippen LogP contribution in [0.1, 0.15) is 30.6 Å². The Labute approximate surface area is 240 Å². The second kappa shape index (κ2) is 11.8. The summed E-state index contributed by atoms with van der Waals surface area (Å²) in [5, 5.41) is 25.7. The van der Waals surface area contributed by atoms with E-state index in [0.29, 0.717) is 31.0 Å². The van der Waals surface area contributed by atoms with E-state index in [4.69, 9.17) is 19.9 Å². The van der Waals surface area contributed by atoms with Crippen LogP contribution in [0, 0.1) is 0 Å². The third-order valence-corrected chi connectivity index (χ3v) is 6.56. The SMILES string of the molecule is CCn1nnc([C@H]2O[C@@H](n3cnc4c(N)nc(NCCc5ccc(OC)c(OC)c5)nc43)[C@H](O)[C@@H]2OC(=O)C(F)(F)F)n1. The van der Waals surface area contributed by atoms with Crippen molar-refractivity contribution >= 4 is 28.9 Å². The van der Waals surface area contributed by atoms with Crippen LogP contribution >= 0.6 is 0 Å². The van der Waals surface area contributed by atoms with Crippen LogP contribution in [0.15, 0.2) is 24.5 Å². The van der Waals surface area contributed by atoms with Gasteiger partial charge < -0.3 is 35.1 Å². The highest BCUT2D eigenvalue weighted by atomic mass is 19.4. The average molecular weight is 609 g/mol. The quantitative estimate of drug-likeness (QED) is 0.217. The number of nitrogens with one attached hydrogen (secondary N) is 1. The zero-order valence-corrected chi connectivity index (χ0v) is 23.0. The highest BCUT2D eigenvalue weighted by Gasteiger charge is 2.53. The van der Waals surface area contributed by atoms with Gasteiger partial charge in [-0.1, -0.05) is 6.07 Å². The normalized spacial score (nSPS) is 20.3. The zero-order valence-electron chi connectivity index (χ0n) is 23.0. The molecule has 0 bridgehead atoms. The first-order chi connectivity index (χ1) is 20.5. The number of imidazole rings is 1. The topological polar surface area (TPSA) is 199 Å². The molecule has 3 aromatic heterocycles. The van der Waals surface area contributed by atoms with Gasteiger partial charge in [0.15, 0.2) is 41.4 Å². The maximum Gasteiger partial charge on any atom is 0.490 e. The summed E-state index contributed by atoms with van der Waals surface area (Å²) in [6, 6.07) is 5.49. The number of aliphatic hydroxyl groups excluding tert-OH is 1. The number of hydrogen-bond donors (Lipinski definition) is 3. The molecule has 5 rings (SSSR count). The molecule has 1 aliphatic heterocycles. The number of hydrogen-bond acceptors (Lipinski definition) is 14. The van der Waals surface area contributed by atoms with Crippen LogP contribution < -0.4 is 20.5 Å². The zero-order chi connectivity index (χ0) is 30.9. The molecular formula is C24H27F3N10O6. The number of nitrogen functional groups attached to an aromatic ring is 1. The van der Waals surface area contributed by atoms with Crippen molar-refractivity contribution in [1.82, 2.24) is 39.7 Å². The summed E-state index contributed by atoms with van der Waals surface area (Å²) in [5.74, 6) is -1.44. The third-order valence-electron chi connectivity index (χ3n) is 6.56. The lowest BCUT2D eigenvalue weighted by molar-refractivity contribution is -0.210. The number of ether oxygens (including phenoxy) is 4. The lowest BCUT2D eigenvalue weighted by Gasteiger charge is -2.20. The predicted octanol–water partition coefficient (Wildman–Crippen LogP) is 1.19. The van der Waals surface area contributed by atoms with Gasteiger partial charge in [-0.3, -0.25) is 4.57 Å². The number of nitrogens with two attached hydrogens (primary N) is 1. The van der Waals surface area contributed by atoms with E-state index in [0.717, 1.165) is 10.4 Å². The summed E-state index contributed by atoms with van der Waals surface area (Å²) in [7, 11) is 3.08. The molecule has 43 heavy (non-hydrogen) atoms. The number of anilines is 2. The highest BCUT2D eigenvalue weighted by molar-refractivity contribution is 5.83. The third kappa shape index (κ3) is 5.93. The summed E-state index contributed by atoms with van der Waals surface area (Å²) in [4.78, 5) is 25.7. The van der Waals surface area contributed by atoms with Gasteiger partial charge in [0.25, 0.3) is 0 Å². The van der Waals surface area contributed by atoms with Gasteiger partial charge in [-0.15, -0.1) is 10.2 Å². The van der Waals surface area contributed by atoms with Gasteiger partial charge in [-0.25, -0.2) is 9.78 Å². The molecule has 0 radical (unpaired) electrons. The molecule has 19 heteroatoms. The fraction of sp³-hybridized carbons (Fsp3) is 0.458. The second-order valence-electron chi connectivity index (χ2n) is 9.26. The van der Waals surface area contributed by atoms with Gasteiger partial charge >= 0.3 is 12.1 Å². The van der Waals surface area contributed by atoms with Crippen molar-refractivity contribution in [2.75, 3.05) is 31.8 Å². The number of aromatic nitrogens is 8. The van der Waals surface area contributed by atoms with Gasteiger partial charge in [0.05, 0.1) is 27.1 Å². The Morgan fingerprint density at radius 1 is 1.21 bits per heavy atom. The fourth-order valence-electron chi connectivity index (χ4n) is 4.47. The van der Waals surface area contributed by atoms with E-state index in [1.54, 1.807) is 20.1 Å². The molecule has 0 amide bonds. The highest BCUT2D eigenvalue weighted by Crippen LogP contribution is 2.41. The van der Waals surface area contributed by atoms with Crippen molar-refractivity contribution in [1.29, 1.82) is 0 Å². The van der Waals surface area contributed by atoms with E-state index in [1.807, 2.05) is 12.1 Å². The molecule has 4 aromatic rings. The van der Waals surface area contributed by atoms with Crippen LogP contribution in [0.25, 0.3) is 11.2 Å². The van der Waals surface area contributed by atoms with Crippen LogP contribution in [0.2, 0.25) is 0 Å². The van der Waals surface area contributed by atoms with Crippen molar-refractivity contribution in [2.45, 2.75) is 50.6 Å². The van der Waals surface area contributed by atoms with Crippen LogP contribution in [-0.2, 0) is 27.2 Å². The monoisotopic (exact) mass is 608 g/mol. The molecule has 1 fully saturated rings. The van der Waals surface area contributed by atoms with E-state index >= 15 is 0 Å². The molecule has 1 aromatic carbocycles. The maximum atomic E-state index is 13.1. The number of aryl methyl sites for hydroxylation is 1. The standard InChI is InChI=1S/C24H27F3N10O6/c1-4-37-34-19(33-35-37)17-16(43-22(39)24(25,26)27)15(38)21(42-17)36-10-30-14-18(28)31-23(32-20(14)36)29-8-7-11-5-6-12(40-2)13(9-11)41-3/h5-6,9-10,15-17,21,38H,4,7-8H2,1-3H3,(H3,28,29,31,32)/t15-,16+,17+,21-/m1/s1. The lowest BCUT2D eigenvalue weighted by atomic mass is 10.1. The number of halogens is 3. The van der Waals surface area contributed by atoms with Crippen LogP contribution in [0.3, 0.4) is 0 Å². The summed E-state index contributed by atoms with van der Waals surface area (Å²) < 4.78 is 61.5. The number of fused-ring (bicyclic) bond motifs is 1. The van der Waals surface area contributed by atoms with Crippen molar-refractivity contribution in [3.8, 4) is 11.5 Å². The average Bonchev–Trinajstić information content (AvgIpc) is 3.70. The molecule has 4 N–H and O–H groups in total. The van der Waals surface area contributed by atoms with E-state index < -0.39 is 36.7 Å². The molecule has 0 unspecified atom stereocenters. The Bertz CT molecular complexity index is 1610. The lowest BCUT2D eigenvalue weighted by Crippen LogP contribution is -2.38. The molecule has 1 aliphatic rings. The Morgan fingerprint density at radius 3 is 2.65 bits per heavy atom. The minimum absolute atomic E-state index is 0.00555. The van der Waals surface area contributed by atoms with Gasteiger partial charge in [0.1, 0.15) is 11.6 Å². The molecule has 1 saturated heterocycles. The van der Waals surface area contributed by atoms with Crippen LogP contribution in [0.4, 0.5) is 24.9 Å². The van der Waals surface area contributed by atoms with Crippen molar-refractivity contribution in [2.24, 2.45) is 0 Å². The minimum atomic E-state index is -5.32. The van der Waals surface area contributed by atoms with Crippen LogP contribution in [-0.4, -0.2) is 90.0 Å². The predicted molar refractivity (Wildman–Crippen MR) is 140 cm³/mol. The van der Waals surface area contributed by atoms with E-state index in [9.17, 15) is 23.1 Å². The summed E-state index contributed by atoms with van der Waals surface area (Å²) in [6.07, 6.45) is -10.1. The Hall–Kier alpha value is -4.78. The molecule has 16 nitrogen and oxygen atoms in total. The maximum absolute atomic E-state index is 13.1. The van der Waals surface area contributed by atoms with E-state index in [1.165, 1.54) is 18.0 Å². The molecule has 4 heterocycles. The number of carbonyl (C=O) groups is 1. The van der Waals surface area contributed by atoms with E-state index in [-0.39, 0.29) is 28.8 Å². The van der Waals surface area contributed by atoms with Gasteiger partial charge in [0, 0.05) is 6.54 Å². The van der Waals surface area contributed by atoms with Gasteiger partial charge in [-0.2, -0.15) is 27.9 Å². The van der Waals surface area contributed by atoms with Gasteiger partial charge in [-0.05, 0) is 36.3 Å². The molecule has 0 spiro atoms. The van der Waals surface area contributed by atoms with Gasteiger partial charge in [0.2, 0.25) is 11.8 Å². The number of tetrazole rings is 1. The summed E-state index contributed by atoms with van der Waals surface area (Å²) in [6.45, 7) is 2.39. The number of alkyl halides is 3. The number of rotatable bonds is 10. The molecule has 0 saturated carbocycles. The van der Waals surface area contributed by atoms with Crippen LogP contribution in [0.5, 0.6) is 11.5 Å². The minimum Gasteiger partial charge on any atom is -0.493 e. The number of methoxy groups -OCH3 is 2. The number of aliphatic hydroxyl groups is 1.